The predicted octanol–water partition coefficient (Wildman–Crippen LogP) is 6.46. The van der Waals surface area contributed by atoms with Crippen molar-refractivity contribution in [2.24, 2.45) is 4.99 Å². The Bertz CT molecular complexity index is 1550. The molecule has 6 rings (SSSR count). The lowest BCUT2D eigenvalue weighted by Crippen LogP contribution is -2.28. The lowest BCUT2D eigenvalue weighted by Gasteiger charge is -2.18. The van der Waals surface area contributed by atoms with E-state index in [2.05, 4.69) is 22.2 Å². The number of carboxylic acid groups (broad SMARTS) is 1. The number of carbonyl (C=O) groups is 1. The van der Waals surface area contributed by atoms with E-state index in [0.717, 1.165) is 22.5 Å². The molecule has 3 heterocycles. The topological polar surface area (TPSA) is 83.1 Å². The fourth-order valence-electron chi connectivity index (χ4n) is 4.47. The zero-order valence-electron chi connectivity index (χ0n) is 20.1. The summed E-state index contributed by atoms with van der Waals surface area (Å²) in [4.78, 5) is 27.5. The second-order valence-corrected chi connectivity index (χ2v) is 9.17. The zero-order valence-corrected chi connectivity index (χ0v) is 20.1. The number of amides is 1. The van der Waals surface area contributed by atoms with Crippen LogP contribution in [0.5, 0.6) is 0 Å². The molecular formula is C30H25N5O2. The van der Waals surface area contributed by atoms with Crippen LogP contribution in [0.3, 0.4) is 0 Å². The monoisotopic (exact) mass is 487 g/mol. The van der Waals surface area contributed by atoms with E-state index in [4.69, 9.17) is 4.99 Å². The maximum absolute atomic E-state index is 12.3. The van der Waals surface area contributed by atoms with Gasteiger partial charge >= 0.3 is 6.09 Å². The summed E-state index contributed by atoms with van der Waals surface area (Å²) in [5, 5.41) is 10.1. The third-order valence-corrected chi connectivity index (χ3v) is 6.49. The summed E-state index contributed by atoms with van der Waals surface area (Å²) in [6, 6.07) is 27.3. The molecule has 37 heavy (non-hydrogen) atoms. The standard InChI is InChI=1S/C30H25N5O2/c36-30(37)35(20-25-19-34-18-24(21-11-12-21)13-14-28(34)32-25)26-15-16-31-27(17-26)33-29(22-7-3-1-4-8-22)23-9-5-2-6-10-23/h1-10,13-19,21H,11-12,20H2,(H,36,37). The van der Waals surface area contributed by atoms with Crippen molar-refractivity contribution in [2.75, 3.05) is 4.90 Å². The van der Waals surface area contributed by atoms with Crippen LogP contribution in [0.15, 0.2) is 109 Å². The van der Waals surface area contributed by atoms with Gasteiger partial charge in [0.05, 0.1) is 23.6 Å². The molecule has 2 aromatic carbocycles. The van der Waals surface area contributed by atoms with E-state index >= 15 is 0 Å². The van der Waals surface area contributed by atoms with Gasteiger partial charge in [-0.25, -0.2) is 19.8 Å². The third kappa shape index (κ3) is 4.97. The number of rotatable bonds is 7. The van der Waals surface area contributed by atoms with Crippen LogP contribution in [-0.4, -0.2) is 31.3 Å². The Kier molecular flexibility index (Phi) is 5.94. The first kappa shape index (κ1) is 22.7. The van der Waals surface area contributed by atoms with Gasteiger partial charge in [-0.05, 0) is 36.5 Å². The Morgan fingerprint density at radius 2 is 1.65 bits per heavy atom. The van der Waals surface area contributed by atoms with Gasteiger partial charge in [-0.15, -0.1) is 0 Å². The average Bonchev–Trinajstić information content (AvgIpc) is 3.70. The number of aromatic nitrogens is 3. The molecular weight excluding hydrogens is 462 g/mol. The molecule has 1 aliphatic carbocycles. The number of anilines is 1. The van der Waals surface area contributed by atoms with Crippen LogP contribution in [0, 0.1) is 0 Å². The predicted molar refractivity (Wildman–Crippen MR) is 144 cm³/mol. The fourth-order valence-corrected chi connectivity index (χ4v) is 4.47. The molecule has 0 unspecified atom stereocenters. The highest BCUT2D eigenvalue weighted by molar-refractivity contribution is 6.13. The smallest absolute Gasteiger partial charge is 0.412 e. The van der Waals surface area contributed by atoms with E-state index in [1.54, 1.807) is 18.3 Å². The Labute approximate surface area is 214 Å². The maximum atomic E-state index is 12.3. The highest BCUT2D eigenvalue weighted by Crippen LogP contribution is 2.39. The van der Waals surface area contributed by atoms with Gasteiger partial charge in [0.15, 0.2) is 5.82 Å². The van der Waals surface area contributed by atoms with Crippen molar-refractivity contribution in [2.45, 2.75) is 25.3 Å². The van der Waals surface area contributed by atoms with Crippen molar-refractivity contribution < 1.29 is 9.90 Å². The summed E-state index contributed by atoms with van der Waals surface area (Å²) in [6.45, 7) is 0.118. The minimum Gasteiger partial charge on any atom is -0.465 e. The van der Waals surface area contributed by atoms with Crippen molar-refractivity contribution in [3.8, 4) is 0 Å². The first-order valence-corrected chi connectivity index (χ1v) is 12.3. The molecule has 0 spiro atoms. The van der Waals surface area contributed by atoms with Crippen molar-refractivity contribution >= 4 is 29.0 Å². The number of benzene rings is 2. The first-order chi connectivity index (χ1) is 18.1. The Morgan fingerprint density at radius 1 is 0.946 bits per heavy atom. The summed E-state index contributed by atoms with van der Waals surface area (Å²) in [7, 11) is 0. The molecule has 0 radical (unpaired) electrons. The van der Waals surface area contributed by atoms with Crippen molar-refractivity contribution in [1.29, 1.82) is 0 Å². The molecule has 0 aliphatic heterocycles. The van der Waals surface area contributed by atoms with Gasteiger partial charge in [0.1, 0.15) is 5.65 Å². The van der Waals surface area contributed by atoms with E-state index < -0.39 is 6.09 Å². The van der Waals surface area contributed by atoms with Gasteiger partial charge in [-0.3, -0.25) is 4.90 Å². The fraction of sp³-hybridized carbons (Fsp3) is 0.133. The molecule has 3 aromatic heterocycles. The summed E-state index contributed by atoms with van der Waals surface area (Å²) in [6.07, 6.45) is 6.97. The molecule has 1 saturated carbocycles. The van der Waals surface area contributed by atoms with Crippen LogP contribution in [0.25, 0.3) is 5.65 Å². The van der Waals surface area contributed by atoms with Crippen LogP contribution in [0.4, 0.5) is 16.3 Å². The van der Waals surface area contributed by atoms with E-state index in [-0.39, 0.29) is 6.54 Å². The molecule has 5 aromatic rings. The second-order valence-electron chi connectivity index (χ2n) is 9.17. The van der Waals surface area contributed by atoms with E-state index in [0.29, 0.717) is 23.1 Å². The molecule has 182 valence electrons. The normalized spacial score (nSPS) is 12.9. The molecule has 0 saturated heterocycles. The number of fused-ring (bicyclic) bond motifs is 1. The van der Waals surface area contributed by atoms with Crippen LogP contribution in [0.1, 0.15) is 41.1 Å². The molecule has 0 atom stereocenters. The molecule has 0 bridgehead atoms. The number of pyridine rings is 2. The second kappa shape index (κ2) is 9.70. The van der Waals surface area contributed by atoms with E-state index in [9.17, 15) is 9.90 Å². The summed E-state index contributed by atoms with van der Waals surface area (Å²) in [5.74, 6) is 1.06. The minimum absolute atomic E-state index is 0.118. The number of aliphatic imine (C=N–C) groups is 1. The SMILES string of the molecule is O=C(O)N(Cc1cn2cc(C3CC3)ccc2n1)c1ccnc(N=C(c2ccccc2)c2ccccc2)c1. The molecule has 7 heteroatoms. The molecule has 7 nitrogen and oxygen atoms in total. The Morgan fingerprint density at radius 3 is 2.30 bits per heavy atom. The summed E-state index contributed by atoms with van der Waals surface area (Å²) < 4.78 is 1.98. The van der Waals surface area contributed by atoms with E-state index in [1.807, 2.05) is 77.3 Å². The molecule has 1 aliphatic rings. The van der Waals surface area contributed by atoms with Crippen molar-refractivity contribution in [1.82, 2.24) is 14.4 Å². The van der Waals surface area contributed by atoms with Crippen LogP contribution >= 0.6 is 0 Å². The molecule has 1 fully saturated rings. The van der Waals surface area contributed by atoms with Crippen molar-refractivity contribution in [3.63, 3.8) is 0 Å². The van der Waals surface area contributed by atoms with Crippen LogP contribution in [0.2, 0.25) is 0 Å². The largest absolute Gasteiger partial charge is 0.465 e. The Balaban J connectivity index is 1.33. The van der Waals surface area contributed by atoms with Gasteiger partial charge in [0, 0.05) is 35.8 Å². The lowest BCUT2D eigenvalue weighted by atomic mass is 10.0. The highest BCUT2D eigenvalue weighted by atomic mass is 16.4. The molecule has 1 amide bonds. The van der Waals surface area contributed by atoms with Gasteiger partial charge in [-0.2, -0.15) is 0 Å². The summed E-state index contributed by atoms with van der Waals surface area (Å²) in [5.41, 5.74) is 5.93. The van der Waals surface area contributed by atoms with Crippen LogP contribution in [-0.2, 0) is 6.54 Å². The number of hydrogen-bond acceptors (Lipinski definition) is 4. The van der Waals surface area contributed by atoms with Crippen molar-refractivity contribution in [3.05, 3.63) is 126 Å². The quantitative estimate of drug-likeness (QED) is 0.267. The highest BCUT2D eigenvalue weighted by Gasteiger charge is 2.24. The van der Waals surface area contributed by atoms with Gasteiger partial charge < -0.3 is 9.51 Å². The summed E-state index contributed by atoms with van der Waals surface area (Å²) >= 11 is 0. The number of imidazole rings is 1. The number of hydrogen-bond donors (Lipinski definition) is 1. The third-order valence-electron chi connectivity index (χ3n) is 6.49. The van der Waals surface area contributed by atoms with Crippen LogP contribution < -0.4 is 4.90 Å². The Hall–Kier alpha value is -4.78. The van der Waals surface area contributed by atoms with Gasteiger partial charge in [0.25, 0.3) is 0 Å². The number of nitrogens with zero attached hydrogens (tertiary/aromatic N) is 5. The minimum atomic E-state index is -1.07. The first-order valence-electron chi connectivity index (χ1n) is 12.3. The van der Waals surface area contributed by atoms with E-state index in [1.165, 1.54) is 23.3 Å². The zero-order chi connectivity index (χ0) is 25.2. The average molecular weight is 488 g/mol. The van der Waals surface area contributed by atoms with Gasteiger partial charge in [0.2, 0.25) is 0 Å². The molecule has 1 N–H and O–H groups in total. The maximum Gasteiger partial charge on any atom is 0.412 e. The lowest BCUT2D eigenvalue weighted by molar-refractivity contribution is 0.201. The van der Waals surface area contributed by atoms with Gasteiger partial charge in [-0.1, -0.05) is 66.7 Å².